The van der Waals surface area contributed by atoms with Crippen molar-refractivity contribution in [1.82, 2.24) is 0 Å². The Morgan fingerprint density at radius 2 is 1.69 bits per heavy atom. The van der Waals surface area contributed by atoms with Crippen LogP contribution in [0.25, 0.3) is 0 Å². The molecule has 0 radical (unpaired) electrons. The van der Waals surface area contributed by atoms with Gasteiger partial charge in [0.25, 0.3) is 0 Å². The quantitative estimate of drug-likeness (QED) is 0.484. The Hall–Kier alpha value is -0.520. The lowest BCUT2D eigenvalue weighted by molar-refractivity contribution is 0.476. The van der Waals surface area contributed by atoms with Crippen molar-refractivity contribution < 1.29 is 0 Å². The van der Waals surface area contributed by atoms with E-state index in [1.165, 1.54) is 44.9 Å². The summed E-state index contributed by atoms with van der Waals surface area (Å²) in [5.41, 5.74) is 3.62. The molecule has 0 fully saturated rings. The normalized spacial score (nSPS) is 31.9. The van der Waals surface area contributed by atoms with Crippen molar-refractivity contribution in [3.05, 3.63) is 23.3 Å². The van der Waals surface area contributed by atoms with E-state index in [0.29, 0.717) is 0 Å². The zero-order valence-corrected chi connectivity index (χ0v) is 8.68. The third kappa shape index (κ3) is 2.24. The van der Waals surface area contributed by atoms with Gasteiger partial charge >= 0.3 is 0 Å². The Labute approximate surface area is 81.7 Å². The zero-order chi connectivity index (χ0) is 9.10. The molecule has 0 heteroatoms. The maximum atomic E-state index is 2.40. The summed E-state index contributed by atoms with van der Waals surface area (Å²) < 4.78 is 0. The molecule has 0 aromatic heterocycles. The summed E-state index contributed by atoms with van der Waals surface area (Å²) in [6.07, 6.45) is 14.2. The molecule has 0 saturated carbocycles. The van der Waals surface area contributed by atoms with Crippen molar-refractivity contribution in [2.75, 3.05) is 0 Å². The number of hydrogen-bond acceptors (Lipinski definition) is 0. The second-order valence-electron chi connectivity index (χ2n) is 4.60. The molecular formula is C13H20. The summed E-state index contributed by atoms with van der Waals surface area (Å²) in [6, 6.07) is 0. The zero-order valence-electron chi connectivity index (χ0n) is 8.68. The largest absolute Gasteiger partial charge is 0.0882 e. The molecule has 2 rings (SSSR count). The maximum absolute atomic E-state index is 2.40. The van der Waals surface area contributed by atoms with Gasteiger partial charge in [-0.2, -0.15) is 0 Å². The standard InChI is InChI=1S/C13H20/c1-11-8-9-12-6-4-2-3-5-7-13(12)10-11/h2-3,11H,4-10H2,1H3/b3-2-. The van der Waals surface area contributed by atoms with E-state index in [9.17, 15) is 0 Å². The Balaban J connectivity index is 2.09. The van der Waals surface area contributed by atoms with E-state index in [1.54, 1.807) is 0 Å². The van der Waals surface area contributed by atoms with Gasteiger partial charge in [0.1, 0.15) is 0 Å². The highest BCUT2D eigenvalue weighted by Crippen LogP contribution is 2.34. The third-order valence-electron chi connectivity index (χ3n) is 3.43. The van der Waals surface area contributed by atoms with Crippen LogP contribution in [0.1, 0.15) is 51.9 Å². The Morgan fingerprint density at radius 1 is 1.00 bits per heavy atom. The predicted octanol–water partition coefficient (Wildman–Crippen LogP) is 4.23. The lowest BCUT2D eigenvalue weighted by Gasteiger charge is -2.25. The van der Waals surface area contributed by atoms with Crippen LogP contribution in [0, 0.1) is 5.92 Å². The van der Waals surface area contributed by atoms with Gasteiger partial charge in [0.2, 0.25) is 0 Å². The van der Waals surface area contributed by atoms with Crippen molar-refractivity contribution >= 4 is 0 Å². The SMILES string of the molecule is CC1CCC2=C(CC/C=C\CC2)C1. The van der Waals surface area contributed by atoms with E-state index < -0.39 is 0 Å². The van der Waals surface area contributed by atoms with Crippen LogP contribution in [0.15, 0.2) is 23.3 Å². The first-order chi connectivity index (χ1) is 6.36. The first kappa shape index (κ1) is 9.05. The van der Waals surface area contributed by atoms with Gasteiger partial charge < -0.3 is 0 Å². The van der Waals surface area contributed by atoms with Crippen molar-refractivity contribution in [3.63, 3.8) is 0 Å². The van der Waals surface area contributed by atoms with Crippen molar-refractivity contribution in [3.8, 4) is 0 Å². The molecule has 1 atom stereocenters. The fraction of sp³-hybridized carbons (Fsp3) is 0.692. The molecule has 72 valence electrons. The molecule has 0 nitrogen and oxygen atoms in total. The molecule has 0 bridgehead atoms. The van der Waals surface area contributed by atoms with E-state index in [0.717, 1.165) is 5.92 Å². The van der Waals surface area contributed by atoms with Crippen molar-refractivity contribution in [1.29, 1.82) is 0 Å². The second-order valence-corrected chi connectivity index (χ2v) is 4.60. The smallest absolute Gasteiger partial charge is 0.0283 e. The summed E-state index contributed by atoms with van der Waals surface area (Å²) in [5, 5.41) is 0. The Kier molecular flexibility index (Phi) is 2.87. The topological polar surface area (TPSA) is 0 Å². The van der Waals surface area contributed by atoms with Crippen LogP contribution < -0.4 is 0 Å². The molecule has 1 unspecified atom stereocenters. The van der Waals surface area contributed by atoms with Gasteiger partial charge in [0.15, 0.2) is 0 Å². The molecule has 2 aliphatic carbocycles. The summed E-state index contributed by atoms with van der Waals surface area (Å²) in [4.78, 5) is 0. The molecule has 0 amide bonds. The van der Waals surface area contributed by atoms with Gasteiger partial charge in [-0.25, -0.2) is 0 Å². The van der Waals surface area contributed by atoms with E-state index >= 15 is 0 Å². The van der Waals surface area contributed by atoms with Gasteiger partial charge in [-0.1, -0.05) is 30.2 Å². The van der Waals surface area contributed by atoms with Gasteiger partial charge in [-0.05, 0) is 50.9 Å². The van der Waals surface area contributed by atoms with Crippen LogP contribution in [0.2, 0.25) is 0 Å². The Morgan fingerprint density at radius 3 is 2.46 bits per heavy atom. The van der Waals surface area contributed by atoms with Crippen LogP contribution in [0.3, 0.4) is 0 Å². The molecule has 0 N–H and O–H groups in total. The van der Waals surface area contributed by atoms with Gasteiger partial charge in [0, 0.05) is 0 Å². The van der Waals surface area contributed by atoms with Crippen LogP contribution in [0.4, 0.5) is 0 Å². The van der Waals surface area contributed by atoms with Crippen molar-refractivity contribution in [2.24, 2.45) is 5.92 Å². The highest BCUT2D eigenvalue weighted by molar-refractivity contribution is 5.20. The first-order valence-corrected chi connectivity index (χ1v) is 5.71. The van der Waals surface area contributed by atoms with Crippen molar-refractivity contribution in [2.45, 2.75) is 51.9 Å². The minimum Gasteiger partial charge on any atom is -0.0882 e. The highest BCUT2D eigenvalue weighted by Gasteiger charge is 2.17. The fourth-order valence-electron chi connectivity index (χ4n) is 2.60. The van der Waals surface area contributed by atoms with E-state index in [2.05, 4.69) is 19.1 Å². The summed E-state index contributed by atoms with van der Waals surface area (Å²) >= 11 is 0. The minimum atomic E-state index is 0.946. The summed E-state index contributed by atoms with van der Waals surface area (Å²) in [6.45, 7) is 2.40. The number of rotatable bonds is 0. The summed E-state index contributed by atoms with van der Waals surface area (Å²) in [7, 11) is 0. The molecule has 0 aromatic carbocycles. The number of hydrogen-bond donors (Lipinski definition) is 0. The average Bonchev–Trinajstić information content (AvgIpc) is 2.08. The molecule has 0 aromatic rings. The van der Waals surface area contributed by atoms with Gasteiger partial charge in [-0.3, -0.25) is 0 Å². The molecule has 0 aliphatic heterocycles. The van der Waals surface area contributed by atoms with Gasteiger partial charge in [-0.15, -0.1) is 0 Å². The minimum absolute atomic E-state index is 0.946. The van der Waals surface area contributed by atoms with Crippen LogP contribution in [-0.4, -0.2) is 0 Å². The molecule has 0 heterocycles. The lowest BCUT2D eigenvalue weighted by Crippen LogP contribution is -2.08. The van der Waals surface area contributed by atoms with Crippen LogP contribution >= 0.6 is 0 Å². The Bertz CT molecular complexity index is 232. The lowest BCUT2D eigenvalue weighted by atomic mass is 9.81. The highest BCUT2D eigenvalue weighted by atomic mass is 14.2. The second kappa shape index (κ2) is 4.13. The van der Waals surface area contributed by atoms with Crippen LogP contribution in [0.5, 0.6) is 0 Å². The first-order valence-electron chi connectivity index (χ1n) is 5.71. The monoisotopic (exact) mass is 176 g/mol. The maximum Gasteiger partial charge on any atom is -0.0283 e. The third-order valence-corrected chi connectivity index (χ3v) is 3.43. The molecule has 13 heavy (non-hydrogen) atoms. The molecule has 2 aliphatic rings. The van der Waals surface area contributed by atoms with E-state index in [1.807, 2.05) is 11.1 Å². The number of allylic oxidation sites excluding steroid dienone is 4. The predicted molar refractivity (Wildman–Crippen MR) is 57.6 cm³/mol. The summed E-state index contributed by atoms with van der Waals surface area (Å²) in [5.74, 6) is 0.946. The van der Waals surface area contributed by atoms with E-state index in [-0.39, 0.29) is 0 Å². The molecule has 0 saturated heterocycles. The average molecular weight is 176 g/mol. The molecule has 0 spiro atoms. The van der Waals surface area contributed by atoms with Gasteiger partial charge in [0.05, 0.1) is 0 Å². The van der Waals surface area contributed by atoms with E-state index in [4.69, 9.17) is 0 Å². The van der Waals surface area contributed by atoms with Crippen LogP contribution in [-0.2, 0) is 0 Å². The molecular weight excluding hydrogens is 156 g/mol. The fourth-order valence-corrected chi connectivity index (χ4v) is 2.60.